The van der Waals surface area contributed by atoms with Crippen molar-refractivity contribution in [3.8, 4) is 0 Å². The van der Waals surface area contributed by atoms with Crippen LogP contribution < -0.4 is 5.32 Å². The van der Waals surface area contributed by atoms with Crippen molar-refractivity contribution in [2.24, 2.45) is 0 Å². The number of aromatic nitrogens is 1. The van der Waals surface area contributed by atoms with E-state index in [-0.39, 0.29) is 0 Å². The number of fused-ring (bicyclic) bond motifs is 1. The van der Waals surface area contributed by atoms with Gasteiger partial charge in [0.1, 0.15) is 5.82 Å². The first-order valence-electron chi connectivity index (χ1n) is 5.99. The Balaban J connectivity index is 2.77. The van der Waals surface area contributed by atoms with Crippen LogP contribution in [0.5, 0.6) is 0 Å². The summed E-state index contributed by atoms with van der Waals surface area (Å²) < 4.78 is 1.13. The number of benzene rings is 1. The van der Waals surface area contributed by atoms with E-state index in [1.54, 1.807) is 0 Å². The molecule has 1 aromatic heterocycles. The summed E-state index contributed by atoms with van der Waals surface area (Å²) in [5.41, 5.74) is 3.66. The van der Waals surface area contributed by atoms with Gasteiger partial charge < -0.3 is 5.32 Å². The largest absolute Gasteiger partial charge is 0.373 e. The summed E-state index contributed by atoms with van der Waals surface area (Å²) in [6, 6.07) is 6.53. The molecule has 0 atom stereocenters. The first-order valence-corrected chi connectivity index (χ1v) is 6.78. The van der Waals surface area contributed by atoms with Crippen molar-refractivity contribution in [2.45, 2.75) is 26.7 Å². The Kier molecular flexibility index (Phi) is 3.67. The molecule has 1 aromatic carbocycles. The molecule has 0 unspecified atom stereocenters. The maximum Gasteiger partial charge on any atom is 0.129 e. The number of anilines is 1. The van der Waals surface area contributed by atoms with Crippen LogP contribution in [-0.2, 0) is 12.8 Å². The van der Waals surface area contributed by atoms with Crippen molar-refractivity contribution in [2.75, 3.05) is 12.4 Å². The summed E-state index contributed by atoms with van der Waals surface area (Å²) in [7, 11) is 1.93. The fraction of sp³-hybridized carbons (Fsp3) is 0.357. The number of rotatable bonds is 3. The summed E-state index contributed by atoms with van der Waals surface area (Å²) >= 11 is 3.56. The number of hydrogen-bond acceptors (Lipinski definition) is 2. The Morgan fingerprint density at radius 3 is 2.41 bits per heavy atom. The topological polar surface area (TPSA) is 24.9 Å². The average Bonchev–Trinajstić information content (AvgIpc) is 2.35. The molecular weight excluding hydrogens is 276 g/mol. The van der Waals surface area contributed by atoms with Crippen LogP contribution in [0.2, 0.25) is 0 Å². The molecule has 1 N–H and O–H groups in total. The van der Waals surface area contributed by atoms with Gasteiger partial charge in [0.05, 0.1) is 5.52 Å². The number of nitrogens with zero attached hydrogens (tertiary/aromatic N) is 1. The molecule has 2 nitrogen and oxygen atoms in total. The zero-order valence-electron chi connectivity index (χ0n) is 10.5. The van der Waals surface area contributed by atoms with E-state index in [0.717, 1.165) is 28.6 Å². The third-order valence-corrected chi connectivity index (χ3v) is 3.50. The van der Waals surface area contributed by atoms with Gasteiger partial charge in [-0.25, -0.2) is 4.98 Å². The maximum atomic E-state index is 4.74. The number of aryl methyl sites for hydroxylation is 2. The molecule has 0 saturated heterocycles. The lowest BCUT2D eigenvalue weighted by Crippen LogP contribution is -2.00. The number of hydrogen-bond donors (Lipinski definition) is 1. The minimum absolute atomic E-state index is 0.993. The average molecular weight is 293 g/mol. The molecule has 2 rings (SSSR count). The first kappa shape index (κ1) is 12.4. The van der Waals surface area contributed by atoms with Crippen molar-refractivity contribution < 1.29 is 0 Å². The van der Waals surface area contributed by atoms with Crippen molar-refractivity contribution in [1.29, 1.82) is 0 Å². The highest BCUT2D eigenvalue weighted by atomic mass is 79.9. The molecule has 0 radical (unpaired) electrons. The van der Waals surface area contributed by atoms with Crippen molar-refractivity contribution in [3.05, 3.63) is 33.8 Å². The molecule has 17 heavy (non-hydrogen) atoms. The van der Waals surface area contributed by atoms with E-state index in [0.29, 0.717) is 0 Å². The third kappa shape index (κ3) is 2.29. The quantitative estimate of drug-likeness (QED) is 0.919. The second-order valence-corrected chi connectivity index (χ2v) is 5.01. The Labute approximate surface area is 111 Å². The van der Waals surface area contributed by atoms with Crippen LogP contribution in [0.15, 0.2) is 22.7 Å². The summed E-state index contributed by atoms with van der Waals surface area (Å²) in [6.45, 7) is 4.32. The molecule has 0 fully saturated rings. The lowest BCUT2D eigenvalue weighted by molar-refractivity contribution is 1.10. The Morgan fingerprint density at radius 1 is 1.12 bits per heavy atom. The molecule has 0 spiro atoms. The molecule has 0 aliphatic carbocycles. The van der Waals surface area contributed by atoms with Crippen LogP contribution >= 0.6 is 15.9 Å². The lowest BCUT2D eigenvalue weighted by atomic mass is 10.0. The molecule has 2 aromatic rings. The minimum Gasteiger partial charge on any atom is -0.373 e. The molecule has 3 heteroatoms. The monoisotopic (exact) mass is 292 g/mol. The second kappa shape index (κ2) is 5.05. The van der Waals surface area contributed by atoms with Gasteiger partial charge in [-0.05, 0) is 42.2 Å². The summed E-state index contributed by atoms with van der Waals surface area (Å²) in [6.07, 6.45) is 1.99. The van der Waals surface area contributed by atoms with Crippen LogP contribution in [0, 0.1) is 0 Å². The molecule has 0 bridgehead atoms. The third-order valence-electron chi connectivity index (χ3n) is 3.04. The number of halogens is 1. The van der Waals surface area contributed by atoms with Gasteiger partial charge in [-0.3, -0.25) is 0 Å². The van der Waals surface area contributed by atoms with Gasteiger partial charge in [0, 0.05) is 16.9 Å². The Hall–Kier alpha value is -1.09. The zero-order valence-corrected chi connectivity index (χ0v) is 12.1. The molecule has 0 aliphatic rings. The normalized spacial score (nSPS) is 10.8. The summed E-state index contributed by atoms with van der Waals surface area (Å²) in [5, 5.41) is 4.40. The first-order chi connectivity index (χ1) is 8.19. The van der Waals surface area contributed by atoms with E-state index < -0.39 is 0 Å². The highest BCUT2D eigenvalue weighted by Gasteiger charge is 2.08. The van der Waals surface area contributed by atoms with Gasteiger partial charge in [-0.1, -0.05) is 29.8 Å². The van der Waals surface area contributed by atoms with E-state index in [1.807, 2.05) is 7.05 Å². The highest BCUT2D eigenvalue weighted by Crippen LogP contribution is 2.27. The fourth-order valence-electron chi connectivity index (χ4n) is 2.12. The molecule has 0 saturated carbocycles. The maximum absolute atomic E-state index is 4.74. The molecule has 90 valence electrons. The van der Waals surface area contributed by atoms with Gasteiger partial charge in [0.15, 0.2) is 0 Å². The van der Waals surface area contributed by atoms with E-state index in [9.17, 15) is 0 Å². The molecule has 0 aliphatic heterocycles. The smallest absolute Gasteiger partial charge is 0.129 e. The summed E-state index contributed by atoms with van der Waals surface area (Å²) in [5.74, 6) is 0.997. The SMILES string of the molecule is CCc1cc2cc(Br)cc(CC)c2nc1NC. The van der Waals surface area contributed by atoms with E-state index in [4.69, 9.17) is 4.98 Å². The number of pyridine rings is 1. The number of nitrogens with one attached hydrogen (secondary N) is 1. The van der Waals surface area contributed by atoms with Crippen molar-refractivity contribution in [1.82, 2.24) is 4.98 Å². The minimum atomic E-state index is 0.993. The highest BCUT2D eigenvalue weighted by molar-refractivity contribution is 9.10. The van der Waals surface area contributed by atoms with Crippen molar-refractivity contribution >= 4 is 32.7 Å². The van der Waals surface area contributed by atoms with E-state index >= 15 is 0 Å². The van der Waals surface area contributed by atoms with Gasteiger partial charge in [-0.2, -0.15) is 0 Å². The van der Waals surface area contributed by atoms with E-state index in [1.165, 1.54) is 16.5 Å². The van der Waals surface area contributed by atoms with Gasteiger partial charge >= 0.3 is 0 Å². The Morgan fingerprint density at radius 2 is 1.82 bits per heavy atom. The molecular formula is C14H17BrN2. The standard InChI is InChI=1S/C14H17BrN2/c1-4-9-7-12(15)8-11-6-10(5-2)14(16-3)17-13(9)11/h6-8H,4-5H2,1-3H3,(H,16,17). The Bertz CT molecular complexity index is 549. The summed E-state index contributed by atoms with van der Waals surface area (Å²) in [4.78, 5) is 4.74. The molecule has 1 heterocycles. The predicted molar refractivity (Wildman–Crippen MR) is 77.7 cm³/mol. The van der Waals surface area contributed by atoms with Crippen LogP contribution in [0.4, 0.5) is 5.82 Å². The van der Waals surface area contributed by atoms with E-state index in [2.05, 4.69) is 53.3 Å². The van der Waals surface area contributed by atoms with Crippen LogP contribution in [0.25, 0.3) is 10.9 Å². The van der Waals surface area contributed by atoms with Gasteiger partial charge in [-0.15, -0.1) is 0 Å². The van der Waals surface area contributed by atoms with Gasteiger partial charge in [0.2, 0.25) is 0 Å². The van der Waals surface area contributed by atoms with Crippen LogP contribution in [0.3, 0.4) is 0 Å². The predicted octanol–water partition coefficient (Wildman–Crippen LogP) is 4.16. The lowest BCUT2D eigenvalue weighted by Gasteiger charge is -2.11. The van der Waals surface area contributed by atoms with Crippen LogP contribution in [-0.4, -0.2) is 12.0 Å². The fourth-order valence-corrected chi connectivity index (χ4v) is 2.64. The van der Waals surface area contributed by atoms with Crippen LogP contribution in [0.1, 0.15) is 25.0 Å². The second-order valence-electron chi connectivity index (χ2n) is 4.09. The molecule has 0 amide bonds. The van der Waals surface area contributed by atoms with Crippen molar-refractivity contribution in [3.63, 3.8) is 0 Å². The zero-order chi connectivity index (χ0) is 12.4. The van der Waals surface area contributed by atoms with Gasteiger partial charge in [0.25, 0.3) is 0 Å².